The van der Waals surface area contributed by atoms with Crippen molar-refractivity contribution < 1.29 is 14.0 Å². The Morgan fingerprint density at radius 3 is 2.33 bits per heavy atom. The standard InChI is InChI=1S/C15H25BN2O3/c1-11(10-19-6)18-13-8-7-12(9-17-13)16-20-14(2,3)15(4,5)21-16/h7-9,11H,10H2,1-6H3,(H,17,18)/t11-/m1/s1. The van der Waals surface area contributed by atoms with Gasteiger partial charge in [-0.25, -0.2) is 4.98 Å². The van der Waals surface area contributed by atoms with Crippen LogP contribution in [0.25, 0.3) is 0 Å². The van der Waals surface area contributed by atoms with Gasteiger partial charge in [-0.1, -0.05) is 6.07 Å². The highest BCUT2D eigenvalue weighted by Crippen LogP contribution is 2.36. The van der Waals surface area contributed by atoms with Gasteiger partial charge in [0.05, 0.1) is 17.8 Å². The fourth-order valence-electron chi connectivity index (χ4n) is 2.15. The zero-order valence-electron chi connectivity index (χ0n) is 13.8. The Labute approximate surface area is 127 Å². The van der Waals surface area contributed by atoms with Crippen LogP contribution >= 0.6 is 0 Å². The predicted molar refractivity (Wildman–Crippen MR) is 84.9 cm³/mol. The third-order valence-electron chi connectivity index (χ3n) is 4.12. The van der Waals surface area contributed by atoms with Crippen LogP contribution in [0.3, 0.4) is 0 Å². The van der Waals surface area contributed by atoms with E-state index in [1.165, 1.54) is 0 Å². The van der Waals surface area contributed by atoms with Gasteiger partial charge in [0, 0.05) is 24.8 Å². The van der Waals surface area contributed by atoms with Crippen LogP contribution in [0.5, 0.6) is 0 Å². The number of methoxy groups -OCH3 is 1. The highest BCUT2D eigenvalue weighted by molar-refractivity contribution is 6.62. The van der Waals surface area contributed by atoms with Crippen molar-refractivity contribution in [3.05, 3.63) is 18.3 Å². The summed E-state index contributed by atoms with van der Waals surface area (Å²) in [6.07, 6.45) is 1.80. The van der Waals surface area contributed by atoms with E-state index in [-0.39, 0.29) is 24.4 Å². The SMILES string of the molecule is COC[C@@H](C)Nc1ccc(B2OC(C)(C)C(C)(C)O2)cn1. The Hall–Kier alpha value is -1.11. The maximum Gasteiger partial charge on any atom is 0.496 e. The van der Waals surface area contributed by atoms with Crippen LogP contribution in [0.4, 0.5) is 5.82 Å². The Morgan fingerprint density at radius 1 is 1.24 bits per heavy atom. The third kappa shape index (κ3) is 3.57. The van der Waals surface area contributed by atoms with Crippen molar-refractivity contribution in [2.45, 2.75) is 51.9 Å². The molecule has 0 spiro atoms. The molecule has 1 aliphatic heterocycles. The molecule has 0 aromatic carbocycles. The van der Waals surface area contributed by atoms with E-state index in [4.69, 9.17) is 14.0 Å². The van der Waals surface area contributed by atoms with Crippen molar-refractivity contribution in [1.82, 2.24) is 4.98 Å². The number of pyridine rings is 1. The lowest BCUT2D eigenvalue weighted by Gasteiger charge is -2.32. The fraction of sp³-hybridized carbons (Fsp3) is 0.667. The summed E-state index contributed by atoms with van der Waals surface area (Å²) in [4.78, 5) is 4.41. The van der Waals surface area contributed by atoms with Gasteiger partial charge in [-0.2, -0.15) is 0 Å². The van der Waals surface area contributed by atoms with Gasteiger partial charge >= 0.3 is 7.12 Å². The van der Waals surface area contributed by atoms with Crippen molar-refractivity contribution in [3.8, 4) is 0 Å². The molecular weight excluding hydrogens is 267 g/mol. The number of nitrogens with zero attached hydrogens (tertiary/aromatic N) is 1. The largest absolute Gasteiger partial charge is 0.496 e. The second-order valence-corrected chi connectivity index (χ2v) is 6.57. The van der Waals surface area contributed by atoms with Crippen LogP contribution in [0.15, 0.2) is 18.3 Å². The monoisotopic (exact) mass is 292 g/mol. The molecule has 5 nitrogen and oxygen atoms in total. The zero-order chi connectivity index (χ0) is 15.7. The molecule has 0 saturated carbocycles. The summed E-state index contributed by atoms with van der Waals surface area (Å²) in [6, 6.07) is 4.13. The first kappa shape index (κ1) is 16.3. The molecule has 1 fully saturated rings. The highest BCUT2D eigenvalue weighted by Gasteiger charge is 2.51. The molecule has 1 saturated heterocycles. The second kappa shape index (κ2) is 5.95. The molecule has 0 unspecified atom stereocenters. The zero-order valence-corrected chi connectivity index (χ0v) is 13.8. The van der Waals surface area contributed by atoms with Crippen molar-refractivity contribution in [1.29, 1.82) is 0 Å². The average molecular weight is 292 g/mol. The molecule has 0 bridgehead atoms. The third-order valence-corrected chi connectivity index (χ3v) is 4.12. The van der Waals surface area contributed by atoms with Gasteiger partial charge in [0.25, 0.3) is 0 Å². The normalized spacial score (nSPS) is 21.3. The van der Waals surface area contributed by atoms with Crippen LogP contribution < -0.4 is 10.8 Å². The highest BCUT2D eigenvalue weighted by atomic mass is 16.7. The van der Waals surface area contributed by atoms with Gasteiger partial charge in [0.1, 0.15) is 5.82 Å². The lowest BCUT2D eigenvalue weighted by Crippen LogP contribution is -2.41. The number of rotatable bonds is 5. The average Bonchev–Trinajstić information content (AvgIpc) is 2.59. The Morgan fingerprint density at radius 2 is 1.86 bits per heavy atom. The Bertz CT molecular complexity index is 460. The summed E-state index contributed by atoms with van der Waals surface area (Å²) in [7, 11) is 1.32. The number of hydrogen-bond donors (Lipinski definition) is 1. The quantitative estimate of drug-likeness (QED) is 0.839. The van der Waals surface area contributed by atoms with Crippen molar-refractivity contribution in [3.63, 3.8) is 0 Å². The molecule has 2 heterocycles. The summed E-state index contributed by atoms with van der Waals surface area (Å²) in [6.45, 7) is 10.9. The van der Waals surface area contributed by atoms with E-state index >= 15 is 0 Å². The van der Waals surface area contributed by atoms with Crippen LogP contribution in [0, 0.1) is 0 Å². The molecule has 0 aliphatic carbocycles. The van der Waals surface area contributed by atoms with Gasteiger partial charge in [-0.15, -0.1) is 0 Å². The van der Waals surface area contributed by atoms with Gasteiger partial charge in [0.15, 0.2) is 0 Å². The topological polar surface area (TPSA) is 52.6 Å². The summed E-state index contributed by atoms with van der Waals surface area (Å²) in [5.41, 5.74) is 0.266. The molecule has 1 aromatic heterocycles. The first-order chi connectivity index (χ1) is 9.75. The second-order valence-electron chi connectivity index (χ2n) is 6.57. The summed E-state index contributed by atoms with van der Waals surface area (Å²) in [5, 5.41) is 3.28. The predicted octanol–water partition coefficient (Wildman–Crippen LogP) is 1.83. The molecule has 6 heteroatoms. The lowest BCUT2D eigenvalue weighted by molar-refractivity contribution is 0.00578. The number of ether oxygens (including phenoxy) is 1. The Kier molecular flexibility index (Phi) is 4.61. The molecule has 0 radical (unpaired) electrons. The van der Waals surface area contributed by atoms with E-state index in [1.807, 2.05) is 46.8 Å². The van der Waals surface area contributed by atoms with Crippen LogP contribution in [-0.4, -0.2) is 43.1 Å². The molecule has 0 amide bonds. The Balaban J connectivity index is 2.03. The van der Waals surface area contributed by atoms with Crippen molar-refractivity contribution >= 4 is 18.4 Å². The lowest BCUT2D eigenvalue weighted by atomic mass is 9.80. The molecule has 1 atom stereocenters. The first-order valence-corrected chi connectivity index (χ1v) is 7.32. The number of anilines is 1. The van der Waals surface area contributed by atoms with Gasteiger partial charge in [-0.05, 0) is 40.7 Å². The van der Waals surface area contributed by atoms with Gasteiger partial charge in [-0.3, -0.25) is 0 Å². The van der Waals surface area contributed by atoms with E-state index in [2.05, 4.69) is 10.3 Å². The minimum Gasteiger partial charge on any atom is -0.399 e. The van der Waals surface area contributed by atoms with E-state index in [1.54, 1.807) is 13.3 Å². The maximum atomic E-state index is 6.01. The minimum atomic E-state index is -0.368. The number of hydrogen-bond acceptors (Lipinski definition) is 5. The summed E-state index contributed by atoms with van der Waals surface area (Å²) in [5.74, 6) is 0.819. The molecule has 21 heavy (non-hydrogen) atoms. The van der Waals surface area contributed by atoms with Crippen LogP contribution in [0.2, 0.25) is 0 Å². The number of nitrogens with one attached hydrogen (secondary N) is 1. The maximum absolute atomic E-state index is 6.01. The van der Waals surface area contributed by atoms with E-state index in [0.717, 1.165) is 11.3 Å². The van der Waals surface area contributed by atoms with E-state index in [0.29, 0.717) is 6.61 Å². The number of aromatic nitrogens is 1. The molecule has 2 rings (SSSR count). The van der Waals surface area contributed by atoms with E-state index < -0.39 is 0 Å². The molecule has 116 valence electrons. The molecule has 1 aliphatic rings. The minimum absolute atomic E-state index is 0.213. The van der Waals surface area contributed by atoms with Crippen LogP contribution in [0.1, 0.15) is 34.6 Å². The van der Waals surface area contributed by atoms with Gasteiger partial charge < -0.3 is 19.4 Å². The fourth-order valence-corrected chi connectivity index (χ4v) is 2.15. The molecule has 1 aromatic rings. The summed E-state index contributed by atoms with van der Waals surface area (Å²) < 4.78 is 17.1. The molecular formula is C15H25BN2O3. The van der Waals surface area contributed by atoms with Crippen molar-refractivity contribution in [2.75, 3.05) is 19.0 Å². The van der Waals surface area contributed by atoms with Crippen molar-refractivity contribution in [2.24, 2.45) is 0 Å². The first-order valence-electron chi connectivity index (χ1n) is 7.32. The molecule has 1 N–H and O–H groups in total. The smallest absolute Gasteiger partial charge is 0.399 e. The van der Waals surface area contributed by atoms with E-state index in [9.17, 15) is 0 Å². The van der Waals surface area contributed by atoms with Gasteiger partial charge in [0.2, 0.25) is 0 Å². The van der Waals surface area contributed by atoms with Crippen LogP contribution in [-0.2, 0) is 14.0 Å². The summed E-state index contributed by atoms with van der Waals surface area (Å²) >= 11 is 0.